The maximum atomic E-state index is 11.2. The molecule has 1 aromatic heterocycles. The lowest BCUT2D eigenvalue weighted by molar-refractivity contribution is -0.119. The van der Waals surface area contributed by atoms with Crippen molar-refractivity contribution in [1.82, 2.24) is 15.2 Å². The monoisotopic (exact) mass is 361 g/mol. The van der Waals surface area contributed by atoms with Crippen LogP contribution in [0, 0.1) is 5.92 Å². The number of carbonyl (C=O) groups is 1. The Morgan fingerprint density at radius 2 is 2.35 bits per heavy atom. The second kappa shape index (κ2) is 10.6. The van der Waals surface area contributed by atoms with Gasteiger partial charge in [-0.3, -0.25) is 4.79 Å². The first-order chi connectivity index (χ1) is 12.6. The van der Waals surface area contributed by atoms with Gasteiger partial charge in [-0.2, -0.15) is 0 Å². The number of likely N-dealkylation sites (tertiary alicyclic amines) is 1. The number of amides is 1. The second-order valence-corrected chi connectivity index (χ2v) is 6.61. The van der Waals surface area contributed by atoms with E-state index < -0.39 is 0 Å². The Kier molecular flexibility index (Phi) is 8.18. The summed E-state index contributed by atoms with van der Waals surface area (Å²) < 4.78 is 5.72. The van der Waals surface area contributed by atoms with Crippen molar-refractivity contribution in [2.75, 3.05) is 26.2 Å². The van der Waals surface area contributed by atoms with E-state index >= 15 is 0 Å². The number of nitrogens with zero attached hydrogens (tertiary/aromatic N) is 3. The van der Waals surface area contributed by atoms with Gasteiger partial charge in [0.2, 0.25) is 11.8 Å². The lowest BCUT2D eigenvalue weighted by atomic mass is 9.95. The molecule has 144 valence electrons. The van der Waals surface area contributed by atoms with E-state index in [0.717, 1.165) is 50.4 Å². The Balaban J connectivity index is 2.08. The number of ether oxygens (including phenoxy) is 1. The molecule has 3 N–H and O–H groups in total. The zero-order valence-corrected chi connectivity index (χ0v) is 15.9. The lowest BCUT2D eigenvalue weighted by Gasteiger charge is -2.34. The van der Waals surface area contributed by atoms with Crippen LogP contribution in [0.1, 0.15) is 45.1 Å². The molecule has 1 aliphatic rings. The fourth-order valence-electron chi connectivity index (χ4n) is 3.17. The maximum absolute atomic E-state index is 11.2. The van der Waals surface area contributed by atoms with Crippen LogP contribution in [-0.2, 0) is 11.3 Å². The third-order valence-corrected chi connectivity index (χ3v) is 4.34. The van der Waals surface area contributed by atoms with Gasteiger partial charge in [0.25, 0.3) is 0 Å². The van der Waals surface area contributed by atoms with Gasteiger partial charge in [-0.15, -0.1) is 0 Å². The molecule has 1 atom stereocenters. The number of primary amides is 1. The zero-order chi connectivity index (χ0) is 18.8. The van der Waals surface area contributed by atoms with E-state index in [1.54, 1.807) is 6.20 Å². The first-order valence-electron chi connectivity index (χ1n) is 9.52. The number of aliphatic imine (C=N–C) groups is 1. The normalized spacial score (nSPS) is 17.8. The van der Waals surface area contributed by atoms with Crippen LogP contribution in [-0.4, -0.2) is 48.0 Å². The highest BCUT2D eigenvalue weighted by Crippen LogP contribution is 2.20. The number of nitrogens with two attached hydrogens (primary N) is 1. The molecule has 2 heterocycles. The van der Waals surface area contributed by atoms with Crippen LogP contribution in [0.25, 0.3) is 0 Å². The number of aromatic nitrogens is 1. The molecule has 1 aromatic rings. The van der Waals surface area contributed by atoms with E-state index in [1.807, 2.05) is 12.1 Å². The summed E-state index contributed by atoms with van der Waals surface area (Å²) in [4.78, 5) is 22.6. The average Bonchev–Trinajstić information content (AvgIpc) is 2.64. The highest BCUT2D eigenvalue weighted by Gasteiger charge is 2.23. The number of nitrogens with one attached hydrogen (secondary N) is 1. The first kappa shape index (κ1) is 20.0. The van der Waals surface area contributed by atoms with Crippen molar-refractivity contribution in [2.45, 2.75) is 46.1 Å². The Morgan fingerprint density at radius 1 is 1.50 bits per heavy atom. The first-order valence-corrected chi connectivity index (χ1v) is 9.52. The van der Waals surface area contributed by atoms with Crippen molar-refractivity contribution in [3.63, 3.8) is 0 Å². The fraction of sp³-hybridized carbons (Fsp3) is 0.632. The molecule has 1 saturated heterocycles. The van der Waals surface area contributed by atoms with Crippen molar-refractivity contribution in [3.05, 3.63) is 23.9 Å². The number of piperidine rings is 1. The summed E-state index contributed by atoms with van der Waals surface area (Å²) in [6.45, 7) is 7.82. The molecule has 1 aliphatic heterocycles. The predicted octanol–water partition coefficient (Wildman–Crippen LogP) is 1.92. The van der Waals surface area contributed by atoms with Gasteiger partial charge in [0.05, 0.1) is 13.2 Å². The quantitative estimate of drug-likeness (QED) is 0.545. The van der Waals surface area contributed by atoms with Crippen LogP contribution in [0.3, 0.4) is 0 Å². The van der Waals surface area contributed by atoms with Gasteiger partial charge in [-0.1, -0.05) is 13.0 Å². The minimum Gasteiger partial charge on any atom is -0.477 e. The van der Waals surface area contributed by atoms with Crippen LogP contribution >= 0.6 is 0 Å². The van der Waals surface area contributed by atoms with Crippen molar-refractivity contribution in [2.24, 2.45) is 16.6 Å². The van der Waals surface area contributed by atoms with E-state index in [0.29, 0.717) is 31.4 Å². The highest BCUT2D eigenvalue weighted by atomic mass is 16.5. The van der Waals surface area contributed by atoms with Crippen LogP contribution in [0.2, 0.25) is 0 Å². The molecule has 1 amide bonds. The van der Waals surface area contributed by atoms with Gasteiger partial charge >= 0.3 is 0 Å². The number of carbonyl (C=O) groups excluding carboxylic acids is 1. The molecule has 2 rings (SSSR count). The third kappa shape index (κ3) is 6.20. The number of guanidine groups is 1. The SMILES string of the molecule is CCCOc1ncccc1CN=C(NCC)N1CCCC(CC(N)=O)C1. The topological polar surface area (TPSA) is 92.8 Å². The third-order valence-electron chi connectivity index (χ3n) is 4.34. The van der Waals surface area contributed by atoms with Crippen molar-refractivity contribution < 1.29 is 9.53 Å². The molecule has 0 aliphatic carbocycles. The Hall–Kier alpha value is -2.31. The van der Waals surface area contributed by atoms with Crippen LogP contribution in [0.4, 0.5) is 0 Å². The Morgan fingerprint density at radius 3 is 3.08 bits per heavy atom. The second-order valence-electron chi connectivity index (χ2n) is 6.61. The number of pyridine rings is 1. The molecule has 0 saturated carbocycles. The summed E-state index contributed by atoms with van der Waals surface area (Å²) in [5, 5.41) is 3.36. The Bertz CT molecular complexity index is 605. The summed E-state index contributed by atoms with van der Waals surface area (Å²) >= 11 is 0. The van der Waals surface area contributed by atoms with E-state index in [-0.39, 0.29) is 5.91 Å². The molecular weight excluding hydrogens is 330 g/mol. The largest absolute Gasteiger partial charge is 0.477 e. The zero-order valence-electron chi connectivity index (χ0n) is 15.9. The summed E-state index contributed by atoms with van der Waals surface area (Å²) in [7, 11) is 0. The Labute approximate surface area is 156 Å². The molecule has 0 aromatic carbocycles. The minimum atomic E-state index is -0.230. The molecule has 0 bridgehead atoms. The highest BCUT2D eigenvalue weighted by molar-refractivity contribution is 5.80. The van der Waals surface area contributed by atoms with Gasteiger partial charge in [0, 0.05) is 37.8 Å². The van der Waals surface area contributed by atoms with Gasteiger partial charge in [0.15, 0.2) is 5.96 Å². The summed E-state index contributed by atoms with van der Waals surface area (Å²) in [5.41, 5.74) is 6.34. The average molecular weight is 361 g/mol. The maximum Gasteiger partial charge on any atom is 0.218 e. The van der Waals surface area contributed by atoms with Gasteiger partial charge in [-0.25, -0.2) is 9.98 Å². The van der Waals surface area contributed by atoms with E-state index in [2.05, 4.69) is 29.0 Å². The van der Waals surface area contributed by atoms with E-state index in [1.165, 1.54) is 0 Å². The van der Waals surface area contributed by atoms with Crippen molar-refractivity contribution >= 4 is 11.9 Å². The van der Waals surface area contributed by atoms with Crippen LogP contribution in [0.5, 0.6) is 5.88 Å². The predicted molar refractivity (Wildman–Crippen MR) is 103 cm³/mol. The summed E-state index contributed by atoms with van der Waals surface area (Å²) in [6.07, 6.45) is 5.20. The lowest BCUT2D eigenvalue weighted by Crippen LogP contribution is -2.47. The molecular formula is C19H31N5O2. The molecule has 0 radical (unpaired) electrons. The number of hydrogen-bond donors (Lipinski definition) is 2. The smallest absolute Gasteiger partial charge is 0.218 e. The van der Waals surface area contributed by atoms with Gasteiger partial charge in [-0.05, 0) is 38.2 Å². The van der Waals surface area contributed by atoms with E-state index in [9.17, 15) is 4.79 Å². The molecule has 7 heteroatoms. The summed E-state index contributed by atoms with van der Waals surface area (Å²) in [5.74, 6) is 1.59. The molecule has 1 fully saturated rings. The van der Waals surface area contributed by atoms with Crippen molar-refractivity contribution in [1.29, 1.82) is 0 Å². The van der Waals surface area contributed by atoms with E-state index in [4.69, 9.17) is 15.5 Å². The summed E-state index contributed by atoms with van der Waals surface area (Å²) in [6, 6.07) is 3.90. The molecule has 7 nitrogen and oxygen atoms in total. The van der Waals surface area contributed by atoms with Crippen LogP contribution < -0.4 is 15.8 Å². The molecule has 1 unspecified atom stereocenters. The number of hydrogen-bond acceptors (Lipinski definition) is 4. The minimum absolute atomic E-state index is 0.230. The number of rotatable bonds is 8. The van der Waals surface area contributed by atoms with Crippen LogP contribution in [0.15, 0.2) is 23.3 Å². The fourth-order valence-corrected chi connectivity index (χ4v) is 3.17. The molecule has 0 spiro atoms. The standard InChI is InChI=1S/C19H31N5O2/c1-3-11-26-18-16(8-5-9-22-18)13-23-19(21-4-2)24-10-6-7-15(14-24)12-17(20)25/h5,8-9,15H,3-4,6-7,10-14H2,1-2H3,(H2,20,25)(H,21,23). The van der Waals surface area contributed by atoms with Gasteiger partial charge < -0.3 is 20.7 Å². The van der Waals surface area contributed by atoms with Crippen molar-refractivity contribution in [3.8, 4) is 5.88 Å². The molecule has 26 heavy (non-hydrogen) atoms. The van der Waals surface area contributed by atoms with Gasteiger partial charge in [0.1, 0.15) is 0 Å².